The van der Waals surface area contributed by atoms with Crippen LogP contribution in [0.25, 0.3) is 11.8 Å². The molecular weight excluding hydrogens is 364 g/mol. The Morgan fingerprint density at radius 1 is 0.893 bits per heavy atom. The smallest absolute Gasteiger partial charge is 0.314 e. The Labute approximate surface area is 159 Å². The summed E-state index contributed by atoms with van der Waals surface area (Å²) in [6, 6.07) is 14.9. The maximum Gasteiger partial charge on any atom is 0.329 e. The van der Waals surface area contributed by atoms with Crippen molar-refractivity contribution in [2.45, 2.75) is 6.54 Å². The Morgan fingerprint density at radius 3 is 2.36 bits per heavy atom. The average Bonchev–Trinajstić information content (AvgIpc) is 3.24. The summed E-state index contributed by atoms with van der Waals surface area (Å²) in [6.07, 6.45) is 3.12. The standard InChI is InChI=1S/C21H15F2N3O2/c22-16-8-2-1-6-14(16)13-26-20(27)18(24-21(26)28)12-15-7-5-11-25(15)19-10-4-3-9-17(19)23/h1-12H,13H2,(H,24,28)/b18-12-. The lowest BCUT2D eigenvalue weighted by molar-refractivity contribution is -0.123. The predicted molar refractivity (Wildman–Crippen MR) is 99.2 cm³/mol. The minimum atomic E-state index is -0.636. The summed E-state index contributed by atoms with van der Waals surface area (Å²) in [5.74, 6) is -1.48. The molecule has 2 heterocycles. The first kappa shape index (κ1) is 17.7. The Kier molecular flexibility index (Phi) is 4.49. The summed E-state index contributed by atoms with van der Waals surface area (Å²) >= 11 is 0. The number of aromatic nitrogens is 1. The first-order valence-electron chi connectivity index (χ1n) is 8.55. The average molecular weight is 379 g/mol. The molecule has 1 aliphatic rings. The van der Waals surface area contributed by atoms with E-state index in [0.29, 0.717) is 11.4 Å². The van der Waals surface area contributed by atoms with Crippen molar-refractivity contribution < 1.29 is 18.4 Å². The van der Waals surface area contributed by atoms with Crippen LogP contribution in [0.15, 0.2) is 72.6 Å². The lowest BCUT2D eigenvalue weighted by Crippen LogP contribution is -2.30. The number of nitrogens with one attached hydrogen (secondary N) is 1. The van der Waals surface area contributed by atoms with Gasteiger partial charge in [0.25, 0.3) is 5.91 Å². The molecule has 4 rings (SSSR count). The van der Waals surface area contributed by atoms with Gasteiger partial charge in [-0.05, 0) is 36.4 Å². The van der Waals surface area contributed by atoms with Crippen LogP contribution in [0.3, 0.4) is 0 Å². The Morgan fingerprint density at radius 2 is 1.61 bits per heavy atom. The summed E-state index contributed by atoms with van der Waals surface area (Å²) < 4.78 is 29.5. The molecule has 1 N–H and O–H groups in total. The highest BCUT2D eigenvalue weighted by Crippen LogP contribution is 2.21. The van der Waals surface area contributed by atoms with Crippen molar-refractivity contribution in [1.82, 2.24) is 14.8 Å². The van der Waals surface area contributed by atoms with E-state index in [2.05, 4.69) is 5.32 Å². The van der Waals surface area contributed by atoms with Gasteiger partial charge in [0.2, 0.25) is 0 Å². The summed E-state index contributed by atoms with van der Waals surface area (Å²) in [5.41, 5.74) is 1.11. The normalized spacial score (nSPS) is 15.4. The number of hydrogen-bond acceptors (Lipinski definition) is 2. The molecule has 0 saturated carbocycles. The maximum absolute atomic E-state index is 14.1. The summed E-state index contributed by atoms with van der Waals surface area (Å²) in [5, 5.41) is 2.49. The highest BCUT2D eigenvalue weighted by molar-refractivity contribution is 6.13. The number of carbonyl (C=O) groups is 2. The Bertz CT molecular complexity index is 1100. The molecule has 7 heteroatoms. The second-order valence-electron chi connectivity index (χ2n) is 6.23. The summed E-state index contributed by atoms with van der Waals surface area (Å²) in [4.78, 5) is 25.8. The number of benzene rings is 2. The van der Waals surface area contributed by atoms with Crippen LogP contribution in [0.1, 0.15) is 11.3 Å². The van der Waals surface area contributed by atoms with Crippen LogP contribution in [0.5, 0.6) is 0 Å². The van der Waals surface area contributed by atoms with Crippen LogP contribution in [0.2, 0.25) is 0 Å². The van der Waals surface area contributed by atoms with E-state index in [4.69, 9.17) is 0 Å². The van der Waals surface area contributed by atoms with Crippen molar-refractivity contribution in [3.63, 3.8) is 0 Å². The van der Waals surface area contributed by atoms with Crippen LogP contribution in [-0.2, 0) is 11.3 Å². The van der Waals surface area contributed by atoms with Gasteiger partial charge >= 0.3 is 6.03 Å². The number of urea groups is 1. The highest BCUT2D eigenvalue weighted by atomic mass is 19.1. The van der Waals surface area contributed by atoms with Crippen LogP contribution in [-0.4, -0.2) is 21.4 Å². The molecule has 2 aromatic carbocycles. The zero-order valence-electron chi connectivity index (χ0n) is 14.6. The summed E-state index contributed by atoms with van der Waals surface area (Å²) in [6.45, 7) is -0.178. The van der Waals surface area contributed by atoms with Crippen molar-refractivity contribution in [1.29, 1.82) is 0 Å². The third kappa shape index (κ3) is 3.18. The predicted octanol–water partition coefficient (Wildman–Crippen LogP) is 3.85. The van der Waals surface area contributed by atoms with Gasteiger partial charge < -0.3 is 9.88 Å². The van der Waals surface area contributed by atoms with Crippen LogP contribution >= 0.6 is 0 Å². The third-order valence-electron chi connectivity index (χ3n) is 4.43. The number of carbonyl (C=O) groups excluding carboxylic acids is 2. The molecule has 0 spiro atoms. The number of imide groups is 1. The Balaban J connectivity index is 1.63. The molecule has 28 heavy (non-hydrogen) atoms. The zero-order chi connectivity index (χ0) is 19.7. The van der Waals surface area contributed by atoms with E-state index < -0.39 is 23.6 Å². The SMILES string of the molecule is O=C1N/C(=C\c2cccn2-c2ccccc2F)C(=O)N1Cc1ccccc1F. The van der Waals surface area contributed by atoms with E-state index in [0.717, 1.165) is 4.90 Å². The van der Waals surface area contributed by atoms with Crippen molar-refractivity contribution in [3.8, 4) is 5.69 Å². The van der Waals surface area contributed by atoms with Gasteiger partial charge in [0.1, 0.15) is 17.3 Å². The molecule has 0 bridgehead atoms. The highest BCUT2D eigenvalue weighted by Gasteiger charge is 2.34. The van der Waals surface area contributed by atoms with E-state index in [1.807, 2.05) is 0 Å². The van der Waals surface area contributed by atoms with E-state index >= 15 is 0 Å². The lowest BCUT2D eigenvalue weighted by atomic mass is 10.2. The molecule has 0 unspecified atom stereocenters. The molecule has 1 fully saturated rings. The van der Waals surface area contributed by atoms with Gasteiger partial charge in [-0.1, -0.05) is 30.3 Å². The molecule has 0 atom stereocenters. The van der Waals surface area contributed by atoms with Crippen LogP contribution in [0, 0.1) is 11.6 Å². The van der Waals surface area contributed by atoms with Gasteiger partial charge in [-0.3, -0.25) is 9.69 Å². The first-order chi connectivity index (χ1) is 13.5. The molecule has 0 aliphatic carbocycles. The fraction of sp³-hybridized carbons (Fsp3) is 0.0476. The first-order valence-corrected chi connectivity index (χ1v) is 8.55. The largest absolute Gasteiger partial charge is 0.329 e. The van der Waals surface area contributed by atoms with Gasteiger partial charge in [-0.2, -0.15) is 0 Å². The summed E-state index contributed by atoms with van der Waals surface area (Å²) in [7, 11) is 0. The number of para-hydroxylation sites is 1. The maximum atomic E-state index is 14.1. The van der Waals surface area contributed by atoms with Crippen molar-refractivity contribution in [3.05, 3.63) is 95.4 Å². The molecule has 3 aromatic rings. The van der Waals surface area contributed by atoms with Gasteiger partial charge in [0, 0.05) is 17.5 Å². The van der Waals surface area contributed by atoms with Crippen LogP contribution < -0.4 is 5.32 Å². The number of nitrogens with zero attached hydrogens (tertiary/aromatic N) is 2. The quantitative estimate of drug-likeness (QED) is 0.553. The zero-order valence-corrected chi connectivity index (χ0v) is 14.6. The number of amides is 3. The molecule has 1 aromatic heterocycles. The van der Waals surface area contributed by atoms with Gasteiger partial charge in [0.15, 0.2) is 0 Å². The van der Waals surface area contributed by atoms with E-state index in [-0.39, 0.29) is 17.8 Å². The lowest BCUT2D eigenvalue weighted by Gasteiger charge is -2.12. The van der Waals surface area contributed by atoms with Crippen LogP contribution in [0.4, 0.5) is 13.6 Å². The monoisotopic (exact) mass is 379 g/mol. The second kappa shape index (κ2) is 7.11. The van der Waals surface area contributed by atoms with Crippen molar-refractivity contribution in [2.24, 2.45) is 0 Å². The number of rotatable bonds is 4. The minimum absolute atomic E-state index is 0.0395. The molecule has 140 valence electrons. The van der Waals surface area contributed by atoms with Gasteiger partial charge in [0.05, 0.1) is 12.2 Å². The molecule has 5 nitrogen and oxygen atoms in total. The van der Waals surface area contributed by atoms with E-state index in [1.165, 1.54) is 30.3 Å². The Hall–Kier alpha value is -3.74. The molecule has 0 radical (unpaired) electrons. The molecule has 1 saturated heterocycles. The fourth-order valence-corrected chi connectivity index (χ4v) is 3.04. The topological polar surface area (TPSA) is 54.3 Å². The number of hydrogen-bond donors (Lipinski definition) is 1. The van der Waals surface area contributed by atoms with E-state index in [1.54, 1.807) is 47.2 Å². The second-order valence-corrected chi connectivity index (χ2v) is 6.23. The molecule has 1 aliphatic heterocycles. The van der Waals surface area contributed by atoms with Crippen molar-refractivity contribution in [2.75, 3.05) is 0 Å². The minimum Gasteiger partial charge on any atom is -0.314 e. The molecule has 3 amide bonds. The van der Waals surface area contributed by atoms with Crippen molar-refractivity contribution >= 4 is 18.0 Å². The third-order valence-corrected chi connectivity index (χ3v) is 4.43. The van der Waals surface area contributed by atoms with Gasteiger partial charge in [-0.25, -0.2) is 13.6 Å². The number of halogens is 2. The molecular formula is C21H15F2N3O2. The van der Waals surface area contributed by atoms with Gasteiger partial charge in [-0.15, -0.1) is 0 Å². The van der Waals surface area contributed by atoms with E-state index in [9.17, 15) is 18.4 Å². The fourth-order valence-electron chi connectivity index (χ4n) is 3.04.